The number of nitrogens with one attached hydrogen (secondary N) is 1. The van der Waals surface area contributed by atoms with Crippen LogP contribution in [0.5, 0.6) is 0 Å². The normalized spacial score (nSPS) is 12.4. The van der Waals surface area contributed by atoms with Gasteiger partial charge in [0.1, 0.15) is 5.65 Å². The molecule has 7 nitrogen and oxygen atoms in total. The van der Waals surface area contributed by atoms with Gasteiger partial charge in [-0.2, -0.15) is 0 Å². The highest BCUT2D eigenvalue weighted by Crippen LogP contribution is 2.13. The third kappa shape index (κ3) is 2.54. The first-order valence-corrected chi connectivity index (χ1v) is 7.16. The smallest absolute Gasteiger partial charge is 0.332 e. The average molecular weight is 304 g/mol. The highest BCUT2D eigenvalue weighted by molar-refractivity contribution is 6.05. The van der Waals surface area contributed by atoms with Gasteiger partial charge in [-0.1, -0.05) is 6.92 Å². The van der Waals surface area contributed by atoms with E-state index in [-0.39, 0.29) is 28.5 Å². The van der Waals surface area contributed by atoms with E-state index in [1.165, 1.54) is 18.7 Å². The summed E-state index contributed by atoms with van der Waals surface area (Å²) in [4.78, 5) is 41.1. The standard InChI is InChI=1S/C15H20N4O3/c1-6-8(2)17-13(20)10-7-9(3)16-12-11(10)14(21)19(5)15(22)18(12)4/h7-8H,6H2,1-5H3,(H,17,20). The molecular weight excluding hydrogens is 284 g/mol. The van der Waals surface area contributed by atoms with Gasteiger partial charge in [0, 0.05) is 25.8 Å². The van der Waals surface area contributed by atoms with E-state index in [1.54, 1.807) is 13.0 Å². The zero-order valence-corrected chi connectivity index (χ0v) is 13.4. The highest BCUT2D eigenvalue weighted by Gasteiger charge is 2.19. The van der Waals surface area contributed by atoms with Crippen molar-refractivity contribution in [2.45, 2.75) is 33.2 Å². The molecule has 0 saturated heterocycles. The van der Waals surface area contributed by atoms with Crippen LogP contribution in [0.3, 0.4) is 0 Å². The lowest BCUT2D eigenvalue weighted by Gasteiger charge is -2.14. The van der Waals surface area contributed by atoms with Crippen LogP contribution in [0.2, 0.25) is 0 Å². The molecular formula is C15H20N4O3. The number of carbonyl (C=O) groups is 1. The predicted octanol–water partition coefficient (Wildman–Crippen LogP) is 0.469. The van der Waals surface area contributed by atoms with Crippen molar-refractivity contribution in [1.29, 1.82) is 0 Å². The summed E-state index contributed by atoms with van der Waals surface area (Å²) in [6.07, 6.45) is 0.782. The van der Waals surface area contributed by atoms with Crippen LogP contribution in [0.15, 0.2) is 15.7 Å². The molecule has 2 aromatic heterocycles. The molecule has 118 valence electrons. The van der Waals surface area contributed by atoms with E-state index < -0.39 is 11.2 Å². The fourth-order valence-corrected chi connectivity index (χ4v) is 2.26. The molecule has 2 heterocycles. The molecule has 1 N–H and O–H groups in total. The van der Waals surface area contributed by atoms with E-state index in [2.05, 4.69) is 10.3 Å². The maximum absolute atomic E-state index is 12.5. The van der Waals surface area contributed by atoms with Crippen LogP contribution in [0.1, 0.15) is 36.3 Å². The van der Waals surface area contributed by atoms with Gasteiger partial charge in [-0.25, -0.2) is 9.78 Å². The topological polar surface area (TPSA) is 86.0 Å². The number of carbonyl (C=O) groups excluding carboxylic acids is 1. The Morgan fingerprint density at radius 2 is 1.95 bits per heavy atom. The number of hydrogen-bond donors (Lipinski definition) is 1. The van der Waals surface area contributed by atoms with E-state index in [4.69, 9.17) is 0 Å². The summed E-state index contributed by atoms with van der Waals surface area (Å²) in [5.74, 6) is -0.333. The minimum Gasteiger partial charge on any atom is -0.350 e. The molecule has 0 fully saturated rings. The van der Waals surface area contributed by atoms with Crippen LogP contribution < -0.4 is 16.6 Å². The number of rotatable bonds is 3. The van der Waals surface area contributed by atoms with Crippen molar-refractivity contribution in [3.05, 3.63) is 38.2 Å². The molecule has 22 heavy (non-hydrogen) atoms. The van der Waals surface area contributed by atoms with Gasteiger partial charge in [0.25, 0.3) is 11.5 Å². The third-order valence-electron chi connectivity index (χ3n) is 3.77. The fourth-order valence-electron chi connectivity index (χ4n) is 2.26. The molecule has 0 aliphatic heterocycles. The summed E-state index contributed by atoms with van der Waals surface area (Å²) in [6.45, 7) is 5.58. The van der Waals surface area contributed by atoms with Gasteiger partial charge >= 0.3 is 5.69 Å². The van der Waals surface area contributed by atoms with Crippen LogP contribution >= 0.6 is 0 Å². The Labute approximate surface area is 127 Å². The molecule has 2 aromatic rings. The second-order valence-electron chi connectivity index (χ2n) is 5.50. The molecule has 0 radical (unpaired) electrons. The molecule has 1 atom stereocenters. The Bertz CT molecular complexity index is 864. The van der Waals surface area contributed by atoms with Crippen LogP contribution in [-0.2, 0) is 14.1 Å². The lowest BCUT2D eigenvalue weighted by atomic mass is 10.1. The Morgan fingerprint density at radius 3 is 2.55 bits per heavy atom. The second-order valence-corrected chi connectivity index (χ2v) is 5.50. The number of fused-ring (bicyclic) bond motifs is 1. The summed E-state index contributed by atoms with van der Waals surface area (Å²) in [7, 11) is 2.92. The van der Waals surface area contributed by atoms with Gasteiger partial charge in [0.05, 0.1) is 10.9 Å². The van der Waals surface area contributed by atoms with Crippen LogP contribution in [0.25, 0.3) is 11.0 Å². The molecule has 0 aliphatic rings. The molecule has 2 rings (SSSR count). The number of amides is 1. The monoisotopic (exact) mass is 304 g/mol. The van der Waals surface area contributed by atoms with Crippen molar-refractivity contribution in [3.63, 3.8) is 0 Å². The number of hydrogen-bond acceptors (Lipinski definition) is 4. The van der Waals surface area contributed by atoms with Crippen LogP contribution in [-0.4, -0.2) is 26.1 Å². The summed E-state index contributed by atoms with van der Waals surface area (Å²) in [5, 5.41) is 3.01. The number of nitrogens with zero attached hydrogens (tertiary/aromatic N) is 3. The number of aromatic nitrogens is 3. The maximum Gasteiger partial charge on any atom is 0.332 e. The Morgan fingerprint density at radius 1 is 1.32 bits per heavy atom. The molecule has 1 unspecified atom stereocenters. The Balaban J connectivity index is 2.83. The van der Waals surface area contributed by atoms with E-state index in [0.29, 0.717) is 5.69 Å². The van der Waals surface area contributed by atoms with E-state index in [1.807, 2.05) is 13.8 Å². The summed E-state index contributed by atoms with van der Waals surface area (Å²) in [6, 6.07) is 1.57. The summed E-state index contributed by atoms with van der Waals surface area (Å²) < 4.78 is 2.27. The predicted molar refractivity (Wildman–Crippen MR) is 84.2 cm³/mol. The minimum absolute atomic E-state index is 0.00703. The Kier molecular flexibility index (Phi) is 4.16. The first-order valence-electron chi connectivity index (χ1n) is 7.16. The van der Waals surface area contributed by atoms with Crippen LogP contribution in [0.4, 0.5) is 0 Å². The zero-order valence-electron chi connectivity index (χ0n) is 13.4. The van der Waals surface area contributed by atoms with Gasteiger partial charge in [0.2, 0.25) is 0 Å². The summed E-state index contributed by atoms with van der Waals surface area (Å²) >= 11 is 0. The zero-order chi connectivity index (χ0) is 16.6. The minimum atomic E-state index is -0.514. The number of aryl methyl sites for hydroxylation is 2. The van der Waals surface area contributed by atoms with Gasteiger partial charge in [-0.05, 0) is 26.3 Å². The Hall–Kier alpha value is -2.44. The lowest BCUT2D eigenvalue weighted by molar-refractivity contribution is 0.0940. The van der Waals surface area contributed by atoms with E-state index >= 15 is 0 Å². The van der Waals surface area contributed by atoms with Gasteiger partial charge in [0.15, 0.2) is 0 Å². The third-order valence-corrected chi connectivity index (χ3v) is 3.77. The first-order chi connectivity index (χ1) is 10.3. The van der Waals surface area contributed by atoms with Crippen molar-refractivity contribution >= 4 is 16.9 Å². The van der Waals surface area contributed by atoms with Gasteiger partial charge in [-0.3, -0.25) is 18.7 Å². The average Bonchev–Trinajstić information content (AvgIpc) is 2.49. The molecule has 0 spiro atoms. The van der Waals surface area contributed by atoms with Crippen molar-refractivity contribution < 1.29 is 4.79 Å². The molecule has 7 heteroatoms. The number of pyridine rings is 1. The van der Waals surface area contributed by atoms with Crippen molar-refractivity contribution in [1.82, 2.24) is 19.4 Å². The SMILES string of the molecule is CCC(C)NC(=O)c1cc(C)nc2c1c(=O)n(C)c(=O)n2C. The molecule has 1 amide bonds. The largest absolute Gasteiger partial charge is 0.350 e. The van der Waals surface area contributed by atoms with Crippen molar-refractivity contribution in [2.75, 3.05) is 0 Å². The van der Waals surface area contributed by atoms with Crippen molar-refractivity contribution in [3.8, 4) is 0 Å². The quantitative estimate of drug-likeness (QED) is 0.893. The molecule has 0 aliphatic carbocycles. The molecule has 0 saturated carbocycles. The molecule has 0 bridgehead atoms. The lowest BCUT2D eigenvalue weighted by Crippen LogP contribution is -2.39. The van der Waals surface area contributed by atoms with Gasteiger partial charge < -0.3 is 5.32 Å². The second kappa shape index (κ2) is 5.75. The van der Waals surface area contributed by atoms with Crippen LogP contribution in [0, 0.1) is 6.92 Å². The summed E-state index contributed by atoms with van der Waals surface area (Å²) in [5.41, 5.74) is 0.0650. The molecule has 0 aromatic carbocycles. The van der Waals surface area contributed by atoms with E-state index in [9.17, 15) is 14.4 Å². The highest BCUT2D eigenvalue weighted by atomic mass is 16.2. The first kappa shape index (κ1) is 15.9. The van der Waals surface area contributed by atoms with Gasteiger partial charge in [-0.15, -0.1) is 0 Å². The van der Waals surface area contributed by atoms with Crippen molar-refractivity contribution in [2.24, 2.45) is 14.1 Å². The van der Waals surface area contributed by atoms with E-state index in [0.717, 1.165) is 11.0 Å². The maximum atomic E-state index is 12.5. The fraction of sp³-hybridized carbons (Fsp3) is 0.467.